The van der Waals surface area contributed by atoms with Gasteiger partial charge in [-0.25, -0.2) is 8.42 Å². The summed E-state index contributed by atoms with van der Waals surface area (Å²) in [4.78, 5) is 12.2. The van der Waals surface area contributed by atoms with Crippen molar-refractivity contribution in [2.45, 2.75) is 38.6 Å². The van der Waals surface area contributed by atoms with E-state index >= 15 is 0 Å². The van der Waals surface area contributed by atoms with Gasteiger partial charge in [0.15, 0.2) is 5.82 Å². The quantitative estimate of drug-likeness (QED) is 0.838. The summed E-state index contributed by atoms with van der Waals surface area (Å²) in [7, 11) is -3.35. The minimum Gasteiger partial charge on any atom is -0.308 e. The lowest BCUT2D eigenvalue weighted by Crippen LogP contribution is -2.42. The Balaban J connectivity index is 2.03. The predicted octanol–water partition coefficient (Wildman–Crippen LogP) is 0.725. The maximum Gasteiger partial charge on any atom is 0.244 e. The third kappa shape index (κ3) is 3.37. The van der Waals surface area contributed by atoms with Crippen LogP contribution in [0.25, 0.3) is 0 Å². The topological polar surface area (TPSA) is 95.2 Å². The number of aromatic amines is 1. The van der Waals surface area contributed by atoms with E-state index in [1.807, 2.05) is 0 Å². The van der Waals surface area contributed by atoms with Gasteiger partial charge in [-0.15, -0.1) is 0 Å². The summed E-state index contributed by atoms with van der Waals surface area (Å²) in [5, 5.41) is 9.53. The molecule has 2 N–H and O–H groups in total. The summed E-state index contributed by atoms with van der Waals surface area (Å²) in [5.41, 5.74) is 0.953. The van der Waals surface area contributed by atoms with Gasteiger partial charge >= 0.3 is 0 Å². The average Bonchev–Trinajstić information content (AvgIpc) is 2.97. The molecule has 8 heteroatoms. The smallest absolute Gasteiger partial charge is 0.244 e. The second-order valence-electron chi connectivity index (χ2n) is 5.05. The maximum absolute atomic E-state index is 12.2. The first-order valence-corrected chi connectivity index (χ1v) is 8.58. The molecule has 112 valence electrons. The van der Waals surface area contributed by atoms with Gasteiger partial charge in [-0.3, -0.25) is 9.89 Å². The number of carbonyl (C=O) groups excluding carboxylic acids is 1. The summed E-state index contributed by atoms with van der Waals surface area (Å²) < 4.78 is 24.5. The van der Waals surface area contributed by atoms with E-state index in [1.165, 1.54) is 4.31 Å². The van der Waals surface area contributed by atoms with E-state index in [1.54, 1.807) is 6.07 Å². The molecule has 1 aromatic rings. The van der Waals surface area contributed by atoms with Crippen molar-refractivity contribution in [3.63, 3.8) is 0 Å². The monoisotopic (exact) mass is 300 g/mol. The van der Waals surface area contributed by atoms with Gasteiger partial charge in [-0.1, -0.05) is 13.3 Å². The van der Waals surface area contributed by atoms with Crippen LogP contribution in [0.2, 0.25) is 0 Å². The van der Waals surface area contributed by atoms with Crippen LogP contribution in [0.3, 0.4) is 0 Å². The lowest BCUT2D eigenvalue weighted by Gasteiger charge is -2.20. The van der Waals surface area contributed by atoms with Crippen LogP contribution in [0.1, 0.15) is 31.9 Å². The van der Waals surface area contributed by atoms with Crippen molar-refractivity contribution in [1.82, 2.24) is 14.5 Å². The van der Waals surface area contributed by atoms with Gasteiger partial charge in [-0.2, -0.15) is 9.40 Å². The average molecular weight is 300 g/mol. The molecule has 20 heavy (non-hydrogen) atoms. The Morgan fingerprint density at radius 2 is 2.35 bits per heavy atom. The lowest BCUT2D eigenvalue weighted by molar-refractivity contribution is -0.119. The van der Waals surface area contributed by atoms with E-state index in [0.717, 1.165) is 24.8 Å². The van der Waals surface area contributed by atoms with Crippen LogP contribution in [-0.4, -0.2) is 47.7 Å². The molecule has 7 nitrogen and oxygen atoms in total. The van der Waals surface area contributed by atoms with Gasteiger partial charge < -0.3 is 5.32 Å². The molecule has 0 saturated carbocycles. The molecule has 1 saturated heterocycles. The Kier molecular flexibility index (Phi) is 4.44. The first-order valence-electron chi connectivity index (χ1n) is 6.73. The summed E-state index contributed by atoms with van der Waals surface area (Å²) in [6, 6.07) is 1.15. The van der Waals surface area contributed by atoms with Gasteiger partial charge in [0.1, 0.15) is 6.04 Å². The van der Waals surface area contributed by atoms with Crippen LogP contribution in [0, 0.1) is 0 Å². The third-order valence-corrected chi connectivity index (χ3v) is 4.62. The zero-order valence-electron chi connectivity index (χ0n) is 11.7. The molecular formula is C12H20N4O3S. The highest BCUT2D eigenvalue weighted by atomic mass is 32.2. The van der Waals surface area contributed by atoms with E-state index in [0.29, 0.717) is 25.2 Å². The van der Waals surface area contributed by atoms with E-state index in [9.17, 15) is 13.2 Å². The second-order valence-corrected chi connectivity index (χ2v) is 6.98. The van der Waals surface area contributed by atoms with E-state index in [-0.39, 0.29) is 5.91 Å². The maximum atomic E-state index is 12.2. The summed E-state index contributed by atoms with van der Waals surface area (Å²) in [5.74, 6) is 0.126. The summed E-state index contributed by atoms with van der Waals surface area (Å²) >= 11 is 0. The van der Waals surface area contributed by atoms with Crippen molar-refractivity contribution >= 4 is 21.7 Å². The lowest BCUT2D eigenvalue weighted by atomic mass is 10.2. The van der Waals surface area contributed by atoms with Crippen molar-refractivity contribution in [2.75, 3.05) is 18.1 Å². The Labute approximate surface area is 118 Å². The standard InChI is InChI=1S/C12H20N4O3S/c1-3-5-9-8-11(15-14-9)13-12(17)10-6-4-7-16(10)20(2,18)19/h8,10H,3-7H2,1-2H3,(H2,13,14,15,17). The molecule has 1 unspecified atom stereocenters. The summed E-state index contributed by atoms with van der Waals surface area (Å²) in [6.45, 7) is 2.46. The molecule has 0 bridgehead atoms. The first-order chi connectivity index (χ1) is 9.41. The van der Waals surface area contributed by atoms with E-state index < -0.39 is 16.1 Å². The Hall–Kier alpha value is -1.41. The molecule has 1 amide bonds. The molecule has 1 fully saturated rings. The minimum atomic E-state index is -3.35. The van der Waals surface area contributed by atoms with Gasteiger partial charge in [0.25, 0.3) is 0 Å². The van der Waals surface area contributed by atoms with Gasteiger partial charge in [0.2, 0.25) is 15.9 Å². The van der Waals surface area contributed by atoms with E-state index in [2.05, 4.69) is 22.4 Å². The Morgan fingerprint density at radius 1 is 1.60 bits per heavy atom. The predicted molar refractivity (Wildman–Crippen MR) is 75.8 cm³/mol. The fourth-order valence-corrected chi connectivity index (χ4v) is 3.56. The SMILES string of the molecule is CCCc1cc(NC(=O)C2CCCN2S(C)(=O)=O)n[nH]1. The number of anilines is 1. The van der Waals surface area contributed by atoms with Crippen molar-refractivity contribution in [1.29, 1.82) is 0 Å². The number of hydrogen-bond acceptors (Lipinski definition) is 4. The highest BCUT2D eigenvalue weighted by Crippen LogP contribution is 2.21. The van der Waals surface area contributed by atoms with Crippen LogP contribution in [0.4, 0.5) is 5.82 Å². The summed E-state index contributed by atoms with van der Waals surface area (Å²) in [6.07, 6.45) is 4.23. The van der Waals surface area contributed by atoms with Gasteiger partial charge in [0, 0.05) is 18.3 Å². The van der Waals surface area contributed by atoms with Crippen LogP contribution in [0.5, 0.6) is 0 Å². The molecular weight excluding hydrogens is 280 g/mol. The van der Waals surface area contributed by atoms with Crippen LogP contribution in [-0.2, 0) is 21.2 Å². The number of nitrogens with one attached hydrogen (secondary N) is 2. The Bertz CT molecular complexity index is 581. The third-order valence-electron chi connectivity index (χ3n) is 3.33. The number of H-pyrrole nitrogens is 1. The largest absolute Gasteiger partial charge is 0.308 e. The van der Waals surface area contributed by atoms with Crippen molar-refractivity contribution < 1.29 is 13.2 Å². The number of carbonyl (C=O) groups is 1. The second kappa shape index (κ2) is 5.92. The molecule has 0 spiro atoms. The first kappa shape index (κ1) is 15.0. The van der Waals surface area contributed by atoms with Crippen LogP contribution < -0.4 is 5.32 Å². The van der Waals surface area contributed by atoms with Gasteiger partial charge in [0.05, 0.1) is 6.26 Å². The number of amides is 1. The molecule has 0 radical (unpaired) electrons. The highest BCUT2D eigenvalue weighted by molar-refractivity contribution is 7.88. The molecule has 2 rings (SSSR count). The van der Waals surface area contributed by atoms with Crippen molar-refractivity contribution in [3.8, 4) is 0 Å². The van der Waals surface area contributed by atoms with Crippen LogP contribution in [0.15, 0.2) is 6.07 Å². The van der Waals surface area contributed by atoms with Crippen molar-refractivity contribution in [3.05, 3.63) is 11.8 Å². The zero-order valence-corrected chi connectivity index (χ0v) is 12.5. The highest BCUT2D eigenvalue weighted by Gasteiger charge is 2.36. The Morgan fingerprint density at radius 3 is 3.00 bits per heavy atom. The molecule has 0 aromatic carbocycles. The molecule has 1 aliphatic heterocycles. The number of sulfonamides is 1. The van der Waals surface area contributed by atoms with E-state index in [4.69, 9.17) is 0 Å². The number of hydrogen-bond donors (Lipinski definition) is 2. The number of nitrogens with zero attached hydrogens (tertiary/aromatic N) is 2. The molecule has 0 aliphatic carbocycles. The number of aryl methyl sites for hydroxylation is 1. The molecule has 1 aliphatic rings. The fraction of sp³-hybridized carbons (Fsp3) is 0.667. The number of aromatic nitrogens is 2. The molecule has 1 aromatic heterocycles. The van der Waals surface area contributed by atoms with Gasteiger partial charge in [-0.05, 0) is 19.3 Å². The molecule has 1 atom stereocenters. The van der Waals surface area contributed by atoms with Crippen molar-refractivity contribution in [2.24, 2.45) is 0 Å². The molecule has 2 heterocycles. The number of rotatable bonds is 5. The zero-order chi connectivity index (χ0) is 14.8. The van der Waals surface area contributed by atoms with Crippen LogP contribution >= 0.6 is 0 Å². The fourth-order valence-electron chi connectivity index (χ4n) is 2.43. The minimum absolute atomic E-state index is 0.317. The normalized spacial score (nSPS) is 20.2.